The summed E-state index contributed by atoms with van der Waals surface area (Å²) in [5, 5.41) is 2.96. The van der Waals surface area contributed by atoms with Gasteiger partial charge in [0.2, 0.25) is 0 Å². The van der Waals surface area contributed by atoms with Crippen molar-refractivity contribution in [3.63, 3.8) is 0 Å². The van der Waals surface area contributed by atoms with Crippen LogP contribution in [0.3, 0.4) is 0 Å². The van der Waals surface area contributed by atoms with E-state index in [1.54, 1.807) is 17.3 Å². The lowest BCUT2D eigenvalue weighted by Gasteiger charge is -2.18. The predicted octanol–water partition coefficient (Wildman–Crippen LogP) is 3.38. The van der Waals surface area contributed by atoms with E-state index >= 15 is 0 Å². The minimum atomic E-state index is -0.0749. The number of nitrogens with zero attached hydrogens (tertiary/aromatic N) is 2. The number of hydrogen-bond acceptors (Lipinski definition) is 3. The van der Waals surface area contributed by atoms with Crippen molar-refractivity contribution < 1.29 is 9.53 Å². The first-order valence-electron chi connectivity index (χ1n) is 7.81. The molecule has 1 saturated heterocycles. The molecule has 2 amide bonds. The van der Waals surface area contributed by atoms with E-state index in [1.807, 2.05) is 37.3 Å². The summed E-state index contributed by atoms with van der Waals surface area (Å²) in [4.78, 5) is 18.1. The number of urea groups is 1. The molecule has 5 nitrogen and oxygen atoms in total. The van der Waals surface area contributed by atoms with Crippen molar-refractivity contribution >= 4 is 11.7 Å². The van der Waals surface area contributed by atoms with Gasteiger partial charge >= 0.3 is 6.03 Å². The lowest BCUT2D eigenvalue weighted by atomic mass is 10.1. The summed E-state index contributed by atoms with van der Waals surface area (Å²) in [5.41, 5.74) is 3.22. The van der Waals surface area contributed by atoms with Crippen LogP contribution in [0.15, 0.2) is 42.7 Å². The second kappa shape index (κ2) is 6.69. The van der Waals surface area contributed by atoms with Gasteiger partial charge in [0.15, 0.2) is 0 Å². The fourth-order valence-corrected chi connectivity index (χ4v) is 2.64. The van der Waals surface area contributed by atoms with Gasteiger partial charge in [0.05, 0.1) is 6.54 Å². The number of carbonyl (C=O) groups is 1. The van der Waals surface area contributed by atoms with Gasteiger partial charge in [-0.1, -0.05) is 6.07 Å². The molecule has 2 heterocycles. The van der Waals surface area contributed by atoms with Gasteiger partial charge in [0.1, 0.15) is 11.9 Å². The van der Waals surface area contributed by atoms with Gasteiger partial charge in [-0.3, -0.25) is 4.98 Å². The van der Waals surface area contributed by atoms with E-state index in [4.69, 9.17) is 4.74 Å². The molecule has 0 aliphatic carbocycles. The van der Waals surface area contributed by atoms with E-state index < -0.39 is 0 Å². The minimum Gasteiger partial charge on any atom is -0.488 e. The number of benzene rings is 1. The molecule has 1 N–H and O–H groups in total. The Kier molecular flexibility index (Phi) is 4.46. The highest BCUT2D eigenvalue weighted by Crippen LogP contribution is 2.19. The van der Waals surface area contributed by atoms with Gasteiger partial charge in [-0.25, -0.2) is 4.79 Å². The fraction of sp³-hybridized carbons (Fsp3) is 0.333. The Bertz CT molecular complexity index is 688. The zero-order chi connectivity index (χ0) is 16.2. The number of nitrogens with one attached hydrogen (secondary N) is 1. The molecule has 1 aromatic carbocycles. The molecule has 1 atom stereocenters. The highest BCUT2D eigenvalue weighted by atomic mass is 16.5. The van der Waals surface area contributed by atoms with E-state index in [2.05, 4.69) is 17.2 Å². The molecular weight excluding hydrogens is 290 g/mol. The number of amides is 2. The molecule has 5 heteroatoms. The van der Waals surface area contributed by atoms with Crippen molar-refractivity contribution in [1.82, 2.24) is 9.88 Å². The number of aromatic nitrogens is 1. The first-order chi connectivity index (χ1) is 11.1. The maximum absolute atomic E-state index is 12.4. The number of carbonyl (C=O) groups excluding carboxylic acids is 1. The zero-order valence-electron chi connectivity index (χ0n) is 13.5. The maximum atomic E-state index is 12.4. The summed E-state index contributed by atoms with van der Waals surface area (Å²) in [6.45, 7) is 5.40. The van der Waals surface area contributed by atoms with Gasteiger partial charge in [-0.15, -0.1) is 0 Å². The summed E-state index contributed by atoms with van der Waals surface area (Å²) in [7, 11) is 0. The van der Waals surface area contributed by atoms with Gasteiger partial charge in [0, 0.05) is 31.0 Å². The van der Waals surface area contributed by atoms with Crippen molar-refractivity contribution in [2.75, 3.05) is 18.4 Å². The second-order valence-corrected chi connectivity index (χ2v) is 5.89. The molecule has 0 radical (unpaired) electrons. The van der Waals surface area contributed by atoms with Crippen LogP contribution in [0.25, 0.3) is 0 Å². The number of pyridine rings is 1. The molecule has 1 aliphatic rings. The number of ether oxygens (including phenoxy) is 1. The Morgan fingerprint density at radius 2 is 2.00 bits per heavy atom. The predicted molar refractivity (Wildman–Crippen MR) is 89.8 cm³/mol. The average molecular weight is 311 g/mol. The van der Waals surface area contributed by atoms with E-state index in [-0.39, 0.29) is 12.1 Å². The first kappa shape index (κ1) is 15.3. The van der Waals surface area contributed by atoms with Crippen LogP contribution in [-0.4, -0.2) is 35.1 Å². The monoisotopic (exact) mass is 311 g/mol. The highest BCUT2D eigenvalue weighted by molar-refractivity contribution is 5.89. The van der Waals surface area contributed by atoms with Crippen LogP contribution in [0, 0.1) is 13.8 Å². The number of aryl methyl sites for hydroxylation is 2. The number of hydrogen-bond donors (Lipinski definition) is 1. The van der Waals surface area contributed by atoms with E-state index in [0.717, 1.165) is 17.9 Å². The molecule has 1 fully saturated rings. The highest BCUT2D eigenvalue weighted by Gasteiger charge is 2.27. The van der Waals surface area contributed by atoms with Crippen molar-refractivity contribution in [3.8, 4) is 5.75 Å². The van der Waals surface area contributed by atoms with Gasteiger partial charge in [-0.05, 0) is 49.2 Å². The summed E-state index contributed by atoms with van der Waals surface area (Å²) in [6.07, 6.45) is 4.27. The van der Waals surface area contributed by atoms with Crippen LogP contribution in [0.5, 0.6) is 5.75 Å². The van der Waals surface area contributed by atoms with Crippen molar-refractivity contribution in [3.05, 3.63) is 53.9 Å². The zero-order valence-corrected chi connectivity index (χ0v) is 13.5. The van der Waals surface area contributed by atoms with Crippen LogP contribution in [0.4, 0.5) is 10.5 Å². The molecule has 1 aromatic heterocycles. The maximum Gasteiger partial charge on any atom is 0.321 e. The third kappa shape index (κ3) is 3.80. The molecule has 1 aliphatic heterocycles. The molecule has 0 bridgehead atoms. The number of rotatable bonds is 3. The molecule has 23 heavy (non-hydrogen) atoms. The summed E-state index contributed by atoms with van der Waals surface area (Å²) in [6, 6.07) is 9.53. The van der Waals surface area contributed by atoms with Crippen LogP contribution in [0.2, 0.25) is 0 Å². The molecule has 2 aromatic rings. The summed E-state index contributed by atoms with van der Waals surface area (Å²) >= 11 is 0. The Hall–Kier alpha value is -2.56. The fourth-order valence-electron chi connectivity index (χ4n) is 2.64. The third-order valence-corrected chi connectivity index (χ3v) is 4.14. The van der Waals surface area contributed by atoms with Gasteiger partial charge < -0.3 is 15.0 Å². The van der Waals surface area contributed by atoms with Crippen LogP contribution in [-0.2, 0) is 0 Å². The molecule has 0 saturated carbocycles. The van der Waals surface area contributed by atoms with Crippen LogP contribution in [0.1, 0.15) is 17.5 Å². The largest absolute Gasteiger partial charge is 0.488 e. The van der Waals surface area contributed by atoms with Crippen molar-refractivity contribution in [1.29, 1.82) is 0 Å². The molecular formula is C18H21N3O2. The Balaban J connectivity index is 1.56. The Morgan fingerprint density at radius 1 is 1.22 bits per heavy atom. The van der Waals surface area contributed by atoms with E-state index in [0.29, 0.717) is 13.1 Å². The van der Waals surface area contributed by atoms with E-state index in [1.165, 1.54) is 11.1 Å². The lowest BCUT2D eigenvalue weighted by molar-refractivity contribution is 0.194. The lowest BCUT2D eigenvalue weighted by Crippen LogP contribution is -2.34. The second-order valence-electron chi connectivity index (χ2n) is 5.89. The van der Waals surface area contributed by atoms with Crippen molar-refractivity contribution in [2.45, 2.75) is 26.4 Å². The number of anilines is 1. The van der Waals surface area contributed by atoms with Gasteiger partial charge in [0.25, 0.3) is 0 Å². The molecule has 120 valence electrons. The molecule has 3 rings (SSSR count). The summed E-state index contributed by atoms with van der Waals surface area (Å²) < 4.78 is 5.88. The van der Waals surface area contributed by atoms with Gasteiger partial charge in [-0.2, -0.15) is 0 Å². The minimum absolute atomic E-state index is 0.0305. The standard InChI is InChI=1S/C18H21N3O2/c1-13-3-4-15(11-14(13)2)20-18(22)21-10-7-17(12-21)23-16-5-8-19-9-6-16/h3-6,8-9,11,17H,7,10,12H2,1-2H3,(H,20,22)/t17-/m0/s1. The van der Waals surface area contributed by atoms with Crippen LogP contribution >= 0.6 is 0 Å². The van der Waals surface area contributed by atoms with Crippen LogP contribution < -0.4 is 10.1 Å². The Morgan fingerprint density at radius 3 is 2.74 bits per heavy atom. The third-order valence-electron chi connectivity index (χ3n) is 4.14. The average Bonchev–Trinajstić information content (AvgIpc) is 3.00. The van der Waals surface area contributed by atoms with E-state index in [9.17, 15) is 4.79 Å². The smallest absolute Gasteiger partial charge is 0.321 e. The first-order valence-corrected chi connectivity index (χ1v) is 7.81. The number of likely N-dealkylation sites (tertiary alicyclic amines) is 1. The SMILES string of the molecule is Cc1ccc(NC(=O)N2CC[C@H](Oc3ccncc3)C2)cc1C. The van der Waals surface area contributed by atoms with Crippen molar-refractivity contribution in [2.24, 2.45) is 0 Å². The molecule has 0 unspecified atom stereocenters. The molecule has 0 spiro atoms. The Labute approximate surface area is 136 Å². The normalized spacial score (nSPS) is 17.1. The topological polar surface area (TPSA) is 54.5 Å². The quantitative estimate of drug-likeness (QED) is 0.945. The summed E-state index contributed by atoms with van der Waals surface area (Å²) in [5.74, 6) is 0.793.